The molecule has 88 valence electrons. The maximum absolute atomic E-state index is 5.69. The number of rotatable bonds is 7. The topological polar surface area (TPSA) is 57.1 Å². The lowest BCUT2D eigenvalue weighted by molar-refractivity contribution is 0.266. The summed E-state index contributed by atoms with van der Waals surface area (Å²) in [5, 5.41) is 0.0668. The van der Waals surface area contributed by atoms with Crippen molar-refractivity contribution in [3.63, 3.8) is 0 Å². The SMILES string of the molecule is C=CCCCOc1nc(Cl)nc(OCC)n1. The van der Waals surface area contributed by atoms with Crippen LogP contribution in [0.5, 0.6) is 12.0 Å². The molecule has 0 spiro atoms. The number of hydrogen-bond donors (Lipinski definition) is 0. The normalized spacial score (nSPS) is 9.88. The molecule has 5 nitrogen and oxygen atoms in total. The van der Waals surface area contributed by atoms with E-state index in [2.05, 4.69) is 21.5 Å². The molecule has 0 saturated heterocycles. The van der Waals surface area contributed by atoms with Gasteiger partial charge in [-0.3, -0.25) is 0 Å². The van der Waals surface area contributed by atoms with Crippen molar-refractivity contribution < 1.29 is 9.47 Å². The van der Waals surface area contributed by atoms with Crippen LogP contribution < -0.4 is 9.47 Å². The second-order valence-electron chi connectivity index (χ2n) is 2.88. The largest absolute Gasteiger partial charge is 0.464 e. The van der Waals surface area contributed by atoms with E-state index in [1.54, 1.807) is 0 Å². The Morgan fingerprint density at radius 2 is 1.94 bits per heavy atom. The fourth-order valence-corrected chi connectivity index (χ4v) is 1.11. The summed E-state index contributed by atoms with van der Waals surface area (Å²) >= 11 is 5.69. The zero-order valence-corrected chi connectivity index (χ0v) is 9.90. The van der Waals surface area contributed by atoms with Gasteiger partial charge in [0.05, 0.1) is 13.2 Å². The Bertz CT molecular complexity index is 347. The summed E-state index contributed by atoms with van der Waals surface area (Å²) < 4.78 is 10.4. The molecular weight excluding hydrogens is 230 g/mol. The third-order valence-corrected chi connectivity index (χ3v) is 1.79. The first kappa shape index (κ1) is 12.7. The number of aromatic nitrogens is 3. The maximum Gasteiger partial charge on any atom is 0.323 e. The van der Waals surface area contributed by atoms with Crippen LogP contribution in [0, 0.1) is 0 Å². The number of allylic oxidation sites excluding steroid dienone is 1. The minimum atomic E-state index is 0.0668. The van der Waals surface area contributed by atoms with Crippen LogP contribution in [-0.4, -0.2) is 28.2 Å². The molecule has 0 aromatic carbocycles. The molecular formula is C10H14ClN3O2. The molecule has 16 heavy (non-hydrogen) atoms. The molecule has 0 N–H and O–H groups in total. The summed E-state index contributed by atoms with van der Waals surface area (Å²) in [5.74, 6) is 0. The summed E-state index contributed by atoms with van der Waals surface area (Å²) in [6.45, 7) is 6.44. The third-order valence-electron chi connectivity index (χ3n) is 1.62. The van der Waals surface area contributed by atoms with Crippen LogP contribution in [0.15, 0.2) is 12.7 Å². The van der Waals surface area contributed by atoms with Gasteiger partial charge < -0.3 is 9.47 Å². The van der Waals surface area contributed by atoms with Crippen LogP contribution in [0.2, 0.25) is 5.28 Å². The molecule has 0 unspecified atom stereocenters. The lowest BCUT2D eigenvalue weighted by Crippen LogP contribution is -2.05. The van der Waals surface area contributed by atoms with Crippen LogP contribution in [0.25, 0.3) is 0 Å². The van der Waals surface area contributed by atoms with Gasteiger partial charge in [-0.15, -0.1) is 11.6 Å². The molecule has 1 aromatic heterocycles. The van der Waals surface area contributed by atoms with E-state index in [9.17, 15) is 0 Å². The van der Waals surface area contributed by atoms with Crippen LogP contribution in [0.1, 0.15) is 19.8 Å². The first-order valence-corrected chi connectivity index (χ1v) is 5.42. The fourth-order valence-electron chi connectivity index (χ4n) is 0.964. The van der Waals surface area contributed by atoms with Crippen molar-refractivity contribution in [1.82, 2.24) is 15.0 Å². The molecule has 1 aromatic rings. The van der Waals surface area contributed by atoms with Gasteiger partial charge in [0.25, 0.3) is 0 Å². The maximum atomic E-state index is 5.69. The second-order valence-corrected chi connectivity index (χ2v) is 3.22. The van der Waals surface area contributed by atoms with Gasteiger partial charge in [0, 0.05) is 0 Å². The molecule has 0 aliphatic rings. The highest BCUT2D eigenvalue weighted by molar-refractivity contribution is 6.28. The fraction of sp³-hybridized carbons (Fsp3) is 0.500. The molecule has 0 saturated carbocycles. The summed E-state index contributed by atoms with van der Waals surface area (Å²) in [6.07, 6.45) is 3.57. The summed E-state index contributed by atoms with van der Waals surface area (Å²) in [4.78, 5) is 11.6. The predicted octanol–water partition coefficient (Wildman–Crippen LogP) is 2.27. The molecule has 6 heteroatoms. The highest BCUT2D eigenvalue weighted by Gasteiger charge is 2.06. The molecule has 0 radical (unpaired) electrons. The van der Waals surface area contributed by atoms with E-state index >= 15 is 0 Å². The van der Waals surface area contributed by atoms with Crippen molar-refractivity contribution in [2.24, 2.45) is 0 Å². The average Bonchev–Trinajstić information content (AvgIpc) is 2.24. The third kappa shape index (κ3) is 4.44. The van der Waals surface area contributed by atoms with Crippen LogP contribution in [-0.2, 0) is 0 Å². The Labute approximate surface area is 99.5 Å². The number of halogens is 1. The van der Waals surface area contributed by atoms with E-state index in [-0.39, 0.29) is 17.3 Å². The molecule has 0 fully saturated rings. The van der Waals surface area contributed by atoms with Crippen molar-refractivity contribution >= 4 is 11.6 Å². The lowest BCUT2D eigenvalue weighted by atomic mass is 10.3. The Balaban J connectivity index is 2.54. The lowest BCUT2D eigenvalue weighted by Gasteiger charge is -2.05. The summed E-state index contributed by atoms with van der Waals surface area (Å²) in [5.41, 5.74) is 0. The second kappa shape index (κ2) is 7.00. The van der Waals surface area contributed by atoms with E-state index in [1.807, 2.05) is 13.0 Å². The highest BCUT2D eigenvalue weighted by atomic mass is 35.5. The van der Waals surface area contributed by atoms with Gasteiger partial charge in [0.15, 0.2) is 0 Å². The molecule has 0 bridgehead atoms. The minimum absolute atomic E-state index is 0.0668. The first-order valence-electron chi connectivity index (χ1n) is 5.04. The van der Waals surface area contributed by atoms with Gasteiger partial charge in [-0.2, -0.15) is 9.97 Å². The quantitative estimate of drug-likeness (QED) is 0.543. The van der Waals surface area contributed by atoms with Crippen molar-refractivity contribution in [3.8, 4) is 12.0 Å². The van der Waals surface area contributed by atoms with Gasteiger partial charge in [-0.05, 0) is 31.4 Å². The smallest absolute Gasteiger partial charge is 0.323 e. The van der Waals surface area contributed by atoms with Gasteiger partial charge in [0.1, 0.15) is 0 Å². The molecule has 0 aliphatic carbocycles. The number of unbranched alkanes of at least 4 members (excludes halogenated alkanes) is 1. The van der Waals surface area contributed by atoms with Crippen molar-refractivity contribution in [3.05, 3.63) is 17.9 Å². The van der Waals surface area contributed by atoms with E-state index in [0.29, 0.717) is 13.2 Å². The Morgan fingerprint density at radius 1 is 1.25 bits per heavy atom. The zero-order chi connectivity index (χ0) is 11.8. The van der Waals surface area contributed by atoms with Gasteiger partial charge >= 0.3 is 12.0 Å². The molecule has 0 amide bonds. The van der Waals surface area contributed by atoms with E-state index in [4.69, 9.17) is 21.1 Å². The number of hydrogen-bond acceptors (Lipinski definition) is 5. The van der Waals surface area contributed by atoms with E-state index in [1.165, 1.54) is 0 Å². The van der Waals surface area contributed by atoms with Crippen LogP contribution in [0.3, 0.4) is 0 Å². The Morgan fingerprint density at radius 3 is 2.56 bits per heavy atom. The summed E-state index contributed by atoms with van der Waals surface area (Å²) in [6, 6.07) is 0.369. The number of ether oxygens (including phenoxy) is 2. The van der Waals surface area contributed by atoms with E-state index in [0.717, 1.165) is 12.8 Å². The van der Waals surface area contributed by atoms with Crippen molar-refractivity contribution in [1.29, 1.82) is 0 Å². The van der Waals surface area contributed by atoms with Crippen LogP contribution >= 0.6 is 11.6 Å². The molecule has 0 atom stereocenters. The Kier molecular flexibility index (Phi) is 5.56. The van der Waals surface area contributed by atoms with Crippen molar-refractivity contribution in [2.75, 3.05) is 13.2 Å². The standard InChI is InChI=1S/C10H14ClN3O2/c1-3-5-6-7-16-10-13-8(11)12-9(14-10)15-4-2/h3H,1,4-7H2,2H3. The van der Waals surface area contributed by atoms with Crippen molar-refractivity contribution in [2.45, 2.75) is 19.8 Å². The van der Waals surface area contributed by atoms with Gasteiger partial charge in [-0.1, -0.05) is 6.08 Å². The van der Waals surface area contributed by atoms with Crippen LogP contribution in [0.4, 0.5) is 0 Å². The summed E-state index contributed by atoms with van der Waals surface area (Å²) in [7, 11) is 0. The van der Waals surface area contributed by atoms with E-state index < -0.39 is 0 Å². The van der Waals surface area contributed by atoms with Gasteiger partial charge in [-0.25, -0.2) is 0 Å². The molecule has 1 heterocycles. The molecule has 0 aliphatic heterocycles. The number of nitrogens with zero attached hydrogens (tertiary/aromatic N) is 3. The minimum Gasteiger partial charge on any atom is -0.464 e. The average molecular weight is 244 g/mol. The first-order chi connectivity index (χ1) is 7.76. The predicted molar refractivity (Wildman–Crippen MR) is 60.9 cm³/mol. The molecule has 1 rings (SSSR count). The highest BCUT2D eigenvalue weighted by Crippen LogP contribution is 2.13. The zero-order valence-electron chi connectivity index (χ0n) is 9.15. The monoisotopic (exact) mass is 243 g/mol. The van der Waals surface area contributed by atoms with Gasteiger partial charge in [0.2, 0.25) is 5.28 Å². The Hall–Kier alpha value is -1.36.